The van der Waals surface area contributed by atoms with Crippen molar-refractivity contribution in [3.05, 3.63) is 43.6 Å². The normalized spacial score (nSPS) is 15.5. The number of aromatic amines is 1. The lowest BCUT2D eigenvalue weighted by atomic mass is 10.0. The average molecular weight is 504 g/mol. The van der Waals surface area contributed by atoms with Gasteiger partial charge in [-0.15, -0.1) is 0 Å². The topological polar surface area (TPSA) is 80.4 Å². The minimum atomic E-state index is -3.55. The number of carbonyl (C=O) groups is 1. The molecule has 138 valence electrons. The van der Waals surface area contributed by atoms with Crippen LogP contribution >= 0.6 is 39.5 Å². The molecule has 0 radical (unpaired) electrons. The van der Waals surface area contributed by atoms with Gasteiger partial charge < -0.3 is 19.3 Å². The predicted octanol–water partition coefficient (Wildman–Crippen LogP) is 4.76. The highest BCUT2D eigenvalue weighted by Gasteiger charge is 2.36. The van der Waals surface area contributed by atoms with Crippen molar-refractivity contribution in [1.29, 1.82) is 0 Å². The Hall–Kier alpha value is -1.18. The molecule has 0 bridgehead atoms. The number of benzene rings is 1. The van der Waals surface area contributed by atoms with Gasteiger partial charge in [-0.1, -0.05) is 0 Å². The summed E-state index contributed by atoms with van der Waals surface area (Å²) in [5.41, 5.74) is 3.99. The van der Waals surface area contributed by atoms with Crippen molar-refractivity contribution in [1.82, 2.24) is 4.98 Å². The second kappa shape index (κ2) is 7.09. The SMILES string of the molecule is COP(=O)(OC)c1cc(C)cc2c1/C(=C/c1[nH]c(C)c(Br)c1Br)C(=O)N2. The Morgan fingerprint density at radius 1 is 1.12 bits per heavy atom. The van der Waals surface area contributed by atoms with E-state index in [1.54, 1.807) is 12.1 Å². The number of halogens is 2. The molecular formula is C17H17Br2N2O4P. The summed E-state index contributed by atoms with van der Waals surface area (Å²) in [7, 11) is -0.895. The van der Waals surface area contributed by atoms with Crippen LogP contribution in [0, 0.1) is 13.8 Å². The smallest absolute Gasteiger partial charge is 0.357 e. The largest absolute Gasteiger partial charge is 0.361 e. The summed E-state index contributed by atoms with van der Waals surface area (Å²) in [6.45, 7) is 3.77. The summed E-state index contributed by atoms with van der Waals surface area (Å²) in [6.07, 6.45) is 1.72. The van der Waals surface area contributed by atoms with Crippen LogP contribution in [0.1, 0.15) is 22.5 Å². The number of nitrogens with one attached hydrogen (secondary N) is 2. The molecule has 2 aromatic rings. The van der Waals surface area contributed by atoms with Gasteiger partial charge in [-0.25, -0.2) is 0 Å². The van der Waals surface area contributed by atoms with Gasteiger partial charge >= 0.3 is 7.60 Å². The molecule has 6 nitrogen and oxygen atoms in total. The van der Waals surface area contributed by atoms with Crippen LogP contribution in [0.5, 0.6) is 0 Å². The number of amides is 1. The lowest BCUT2D eigenvalue weighted by Crippen LogP contribution is -2.13. The average Bonchev–Trinajstić information content (AvgIpc) is 3.04. The maximum Gasteiger partial charge on any atom is 0.361 e. The second-order valence-electron chi connectivity index (χ2n) is 5.87. The van der Waals surface area contributed by atoms with E-state index in [1.165, 1.54) is 14.2 Å². The number of anilines is 1. The van der Waals surface area contributed by atoms with Gasteiger partial charge in [-0.05, 0) is 69.5 Å². The maximum atomic E-state index is 13.1. The zero-order valence-corrected chi connectivity index (χ0v) is 18.6. The number of hydrogen-bond donors (Lipinski definition) is 2. The fraction of sp³-hybridized carbons (Fsp3) is 0.235. The van der Waals surface area contributed by atoms with Gasteiger partial charge in [0.1, 0.15) is 0 Å². The lowest BCUT2D eigenvalue weighted by Gasteiger charge is -2.17. The molecule has 1 aliphatic rings. The Bertz CT molecular complexity index is 989. The quantitative estimate of drug-likeness (QED) is 0.465. The molecule has 1 aliphatic heterocycles. The third-order valence-electron chi connectivity index (χ3n) is 4.17. The van der Waals surface area contributed by atoms with Gasteiger partial charge in [0.15, 0.2) is 0 Å². The molecule has 0 spiro atoms. The summed E-state index contributed by atoms with van der Waals surface area (Å²) >= 11 is 6.99. The Morgan fingerprint density at radius 2 is 1.77 bits per heavy atom. The van der Waals surface area contributed by atoms with Crippen LogP contribution in [0.2, 0.25) is 0 Å². The van der Waals surface area contributed by atoms with E-state index in [0.29, 0.717) is 22.1 Å². The van der Waals surface area contributed by atoms with E-state index in [0.717, 1.165) is 25.9 Å². The molecule has 0 unspecified atom stereocenters. The lowest BCUT2D eigenvalue weighted by molar-refractivity contribution is -0.110. The maximum absolute atomic E-state index is 13.1. The molecule has 0 saturated carbocycles. The molecule has 0 fully saturated rings. The first kappa shape index (κ1) is 19.6. The molecule has 3 rings (SSSR count). The Balaban J connectivity index is 2.28. The zero-order valence-electron chi connectivity index (χ0n) is 14.6. The number of hydrogen-bond acceptors (Lipinski definition) is 4. The number of aromatic nitrogens is 1. The molecule has 0 atom stereocenters. The summed E-state index contributed by atoms with van der Waals surface area (Å²) < 4.78 is 25.1. The second-order valence-corrected chi connectivity index (χ2v) is 9.67. The first-order valence-electron chi connectivity index (χ1n) is 7.65. The van der Waals surface area contributed by atoms with Crippen LogP contribution in [0.25, 0.3) is 11.6 Å². The molecule has 1 aromatic carbocycles. The summed E-state index contributed by atoms with van der Waals surface area (Å²) in [5.74, 6) is -0.277. The van der Waals surface area contributed by atoms with Gasteiger partial charge in [0, 0.05) is 25.5 Å². The van der Waals surface area contributed by atoms with E-state index in [1.807, 2.05) is 19.9 Å². The molecular weight excluding hydrogens is 487 g/mol. The first-order valence-corrected chi connectivity index (χ1v) is 10.8. The van der Waals surface area contributed by atoms with Crippen molar-refractivity contribution in [2.24, 2.45) is 0 Å². The van der Waals surface area contributed by atoms with Gasteiger partial charge in [0.05, 0.1) is 31.2 Å². The van der Waals surface area contributed by atoms with E-state index >= 15 is 0 Å². The molecule has 2 heterocycles. The van der Waals surface area contributed by atoms with E-state index in [9.17, 15) is 9.36 Å². The fourth-order valence-corrected chi connectivity index (χ4v) is 5.16. The molecule has 9 heteroatoms. The minimum Gasteiger partial charge on any atom is -0.357 e. The van der Waals surface area contributed by atoms with Crippen molar-refractivity contribution < 1.29 is 18.4 Å². The van der Waals surface area contributed by atoms with Gasteiger partial charge in [-0.3, -0.25) is 9.36 Å². The molecule has 0 aliphatic carbocycles. The highest BCUT2D eigenvalue weighted by molar-refractivity contribution is 9.13. The van der Waals surface area contributed by atoms with Gasteiger partial charge in [-0.2, -0.15) is 0 Å². The molecule has 26 heavy (non-hydrogen) atoms. The van der Waals surface area contributed by atoms with Crippen LogP contribution in [0.15, 0.2) is 21.1 Å². The van der Waals surface area contributed by atoms with Crippen LogP contribution in [-0.4, -0.2) is 25.1 Å². The fourth-order valence-electron chi connectivity index (χ4n) is 2.92. The van der Waals surface area contributed by atoms with Gasteiger partial charge in [0.25, 0.3) is 5.91 Å². The molecule has 1 aromatic heterocycles. The number of aryl methyl sites for hydroxylation is 2. The van der Waals surface area contributed by atoms with Gasteiger partial charge in [0.2, 0.25) is 0 Å². The number of carbonyl (C=O) groups excluding carboxylic acids is 1. The highest BCUT2D eigenvalue weighted by atomic mass is 79.9. The van der Waals surface area contributed by atoms with Crippen molar-refractivity contribution >= 4 is 68.0 Å². The van der Waals surface area contributed by atoms with Crippen molar-refractivity contribution in [3.63, 3.8) is 0 Å². The van der Waals surface area contributed by atoms with E-state index in [4.69, 9.17) is 9.05 Å². The van der Waals surface area contributed by atoms with Crippen LogP contribution in [-0.2, 0) is 18.4 Å². The van der Waals surface area contributed by atoms with Crippen molar-refractivity contribution in [3.8, 4) is 0 Å². The Kier molecular flexibility index (Phi) is 5.34. The third-order valence-corrected chi connectivity index (χ3v) is 8.42. The standard InChI is InChI=1S/C17H17Br2N2O4P/c1-8-5-11-14(13(6-8)26(23,24-3)25-4)10(17(22)21-11)7-12-16(19)15(18)9(2)20-12/h5-7,20H,1-4H3,(H,21,22)/b10-7-. The van der Waals surface area contributed by atoms with Crippen LogP contribution < -0.4 is 10.6 Å². The summed E-state index contributed by atoms with van der Waals surface area (Å²) in [5, 5.41) is 3.19. The van der Waals surface area contributed by atoms with Crippen LogP contribution in [0.4, 0.5) is 5.69 Å². The van der Waals surface area contributed by atoms with E-state index < -0.39 is 7.60 Å². The van der Waals surface area contributed by atoms with Crippen molar-refractivity contribution in [2.75, 3.05) is 19.5 Å². The number of fused-ring (bicyclic) bond motifs is 1. The molecule has 0 saturated heterocycles. The zero-order chi connectivity index (χ0) is 19.2. The van der Waals surface area contributed by atoms with E-state index in [-0.39, 0.29) is 5.91 Å². The number of H-pyrrole nitrogens is 1. The molecule has 2 N–H and O–H groups in total. The highest BCUT2D eigenvalue weighted by Crippen LogP contribution is 2.50. The summed E-state index contributed by atoms with van der Waals surface area (Å²) in [6, 6.07) is 3.56. The van der Waals surface area contributed by atoms with Crippen LogP contribution in [0.3, 0.4) is 0 Å². The summed E-state index contributed by atoms with van der Waals surface area (Å²) in [4.78, 5) is 15.8. The first-order chi connectivity index (χ1) is 12.2. The Labute approximate surface area is 168 Å². The predicted molar refractivity (Wildman–Crippen MR) is 110 cm³/mol. The van der Waals surface area contributed by atoms with E-state index in [2.05, 4.69) is 42.2 Å². The van der Waals surface area contributed by atoms with Crippen molar-refractivity contribution in [2.45, 2.75) is 13.8 Å². The monoisotopic (exact) mass is 502 g/mol. The minimum absolute atomic E-state index is 0.277. The molecule has 1 amide bonds. The Morgan fingerprint density at radius 3 is 2.31 bits per heavy atom. The number of rotatable bonds is 4. The third kappa shape index (κ3) is 3.14.